The molecule has 2 aromatic carbocycles. The molecule has 21 heavy (non-hydrogen) atoms. The molecular weight excluding hydrogens is 254 g/mol. The molecule has 0 saturated carbocycles. The van der Waals surface area contributed by atoms with Gasteiger partial charge in [0.1, 0.15) is 0 Å². The number of hydrogen-bond acceptors (Lipinski definition) is 1. The average Bonchev–Trinajstić information content (AvgIpc) is 2.49. The number of hydrogen-bond donors (Lipinski definition) is 0. The van der Waals surface area contributed by atoms with Gasteiger partial charge in [0.25, 0.3) is 0 Å². The van der Waals surface area contributed by atoms with E-state index in [1.165, 1.54) is 47.7 Å². The number of piperidine rings is 1. The Hall–Kier alpha value is -1.34. The molecule has 1 fully saturated rings. The molecule has 3 rings (SSSR count). The fraction of sp³-hybridized carbons (Fsp3) is 0.500. The summed E-state index contributed by atoms with van der Waals surface area (Å²) in [4.78, 5) is 2.65. The molecule has 1 heterocycles. The number of likely N-dealkylation sites (tertiary alicyclic amines) is 1. The van der Waals surface area contributed by atoms with E-state index in [1.54, 1.807) is 0 Å². The van der Waals surface area contributed by atoms with Crippen LogP contribution in [0, 0.1) is 0 Å². The molecule has 1 aliphatic rings. The Morgan fingerprint density at radius 3 is 2.52 bits per heavy atom. The predicted molar refractivity (Wildman–Crippen MR) is 91.8 cm³/mol. The summed E-state index contributed by atoms with van der Waals surface area (Å²) in [5, 5.41) is 2.89. The molecule has 0 aliphatic carbocycles. The zero-order valence-electron chi connectivity index (χ0n) is 13.6. The van der Waals surface area contributed by atoms with E-state index in [0.29, 0.717) is 5.92 Å². The molecule has 1 nitrogen and oxygen atoms in total. The van der Waals surface area contributed by atoms with Crippen molar-refractivity contribution in [3.8, 4) is 0 Å². The summed E-state index contributed by atoms with van der Waals surface area (Å²) in [6.07, 6.45) is 4.10. The van der Waals surface area contributed by atoms with Crippen molar-refractivity contribution >= 4 is 10.8 Å². The zero-order valence-corrected chi connectivity index (χ0v) is 13.6. The van der Waals surface area contributed by atoms with Gasteiger partial charge in [-0.3, -0.25) is 4.90 Å². The van der Waals surface area contributed by atoms with Crippen molar-refractivity contribution in [3.05, 3.63) is 47.5 Å². The quantitative estimate of drug-likeness (QED) is 0.734. The number of fused-ring (bicyclic) bond motifs is 1. The lowest BCUT2D eigenvalue weighted by atomic mass is 9.92. The predicted octanol–water partition coefficient (Wildman–Crippen LogP) is 5.34. The Morgan fingerprint density at radius 1 is 1.05 bits per heavy atom. The molecule has 2 aromatic rings. The van der Waals surface area contributed by atoms with Crippen LogP contribution >= 0.6 is 0 Å². The van der Waals surface area contributed by atoms with Gasteiger partial charge < -0.3 is 0 Å². The second kappa shape index (κ2) is 6.19. The smallest absolute Gasteiger partial charge is 0.0242 e. The topological polar surface area (TPSA) is 3.24 Å². The van der Waals surface area contributed by atoms with Gasteiger partial charge in [0.2, 0.25) is 0 Å². The standard InChI is InChI=1S/C20H27N/c1-15(2)18-12-11-17(19-9-4-5-10-20(18)19)14-21-13-7-6-8-16(21)3/h4-5,9-12,15-16H,6-8,13-14H2,1-3H3. The van der Waals surface area contributed by atoms with E-state index >= 15 is 0 Å². The molecule has 1 saturated heterocycles. The van der Waals surface area contributed by atoms with Crippen molar-refractivity contribution in [2.45, 2.75) is 58.5 Å². The molecule has 1 heteroatoms. The summed E-state index contributed by atoms with van der Waals surface area (Å²) >= 11 is 0. The fourth-order valence-corrected chi connectivity index (χ4v) is 3.64. The van der Waals surface area contributed by atoms with Crippen molar-refractivity contribution in [3.63, 3.8) is 0 Å². The summed E-state index contributed by atoms with van der Waals surface area (Å²) in [6, 6.07) is 14.4. The highest BCUT2D eigenvalue weighted by molar-refractivity contribution is 5.89. The minimum absolute atomic E-state index is 0.581. The Bertz CT molecular complexity index is 614. The Kier molecular flexibility index (Phi) is 4.30. The van der Waals surface area contributed by atoms with Crippen LogP contribution in [0.1, 0.15) is 57.1 Å². The van der Waals surface area contributed by atoms with E-state index in [0.717, 1.165) is 12.6 Å². The highest BCUT2D eigenvalue weighted by Gasteiger charge is 2.19. The maximum Gasteiger partial charge on any atom is 0.0242 e. The molecule has 1 atom stereocenters. The summed E-state index contributed by atoms with van der Waals surface area (Å²) in [6.45, 7) is 9.30. The fourth-order valence-electron chi connectivity index (χ4n) is 3.64. The van der Waals surface area contributed by atoms with Crippen LogP contribution < -0.4 is 0 Å². The van der Waals surface area contributed by atoms with Crippen LogP contribution in [-0.4, -0.2) is 17.5 Å². The third kappa shape index (κ3) is 2.98. The summed E-state index contributed by atoms with van der Waals surface area (Å²) in [7, 11) is 0. The monoisotopic (exact) mass is 281 g/mol. The second-order valence-electron chi connectivity index (χ2n) is 6.83. The molecule has 112 valence electrons. The first-order chi connectivity index (χ1) is 10.2. The van der Waals surface area contributed by atoms with E-state index in [9.17, 15) is 0 Å². The molecule has 0 N–H and O–H groups in total. The van der Waals surface area contributed by atoms with Gasteiger partial charge in [0.15, 0.2) is 0 Å². The van der Waals surface area contributed by atoms with E-state index in [2.05, 4.69) is 62.1 Å². The first kappa shape index (κ1) is 14.6. The van der Waals surface area contributed by atoms with Crippen molar-refractivity contribution in [1.29, 1.82) is 0 Å². The third-order valence-corrected chi connectivity index (χ3v) is 4.98. The third-order valence-electron chi connectivity index (χ3n) is 4.98. The van der Waals surface area contributed by atoms with Crippen molar-refractivity contribution in [2.24, 2.45) is 0 Å². The van der Waals surface area contributed by atoms with Crippen LogP contribution in [0.15, 0.2) is 36.4 Å². The lowest BCUT2D eigenvalue weighted by Gasteiger charge is -2.33. The largest absolute Gasteiger partial charge is 0.296 e. The number of rotatable bonds is 3. The van der Waals surface area contributed by atoms with Gasteiger partial charge in [0, 0.05) is 12.6 Å². The average molecular weight is 281 g/mol. The molecule has 0 spiro atoms. The van der Waals surface area contributed by atoms with Gasteiger partial charge in [-0.2, -0.15) is 0 Å². The number of benzene rings is 2. The molecule has 1 unspecified atom stereocenters. The maximum atomic E-state index is 2.65. The van der Waals surface area contributed by atoms with Crippen LogP contribution in [0.4, 0.5) is 0 Å². The summed E-state index contributed by atoms with van der Waals surface area (Å²) in [5.74, 6) is 0.581. The van der Waals surface area contributed by atoms with Crippen LogP contribution in [-0.2, 0) is 6.54 Å². The van der Waals surface area contributed by atoms with Gasteiger partial charge in [0.05, 0.1) is 0 Å². The van der Waals surface area contributed by atoms with E-state index < -0.39 is 0 Å². The summed E-state index contributed by atoms with van der Waals surface area (Å²) < 4.78 is 0. The molecule has 0 aromatic heterocycles. The van der Waals surface area contributed by atoms with Gasteiger partial charge in [-0.1, -0.05) is 56.7 Å². The van der Waals surface area contributed by atoms with Gasteiger partial charge in [-0.05, 0) is 54.1 Å². The molecule has 0 amide bonds. The normalized spacial score (nSPS) is 20.3. The Morgan fingerprint density at radius 2 is 1.81 bits per heavy atom. The highest BCUT2D eigenvalue weighted by Crippen LogP contribution is 2.30. The minimum Gasteiger partial charge on any atom is -0.296 e. The van der Waals surface area contributed by atoms with Crippen LogP contribution in [0.3, 0.4) is 0 Å². The van der Waals surface area contributed by atoms with E-state index in [1.807, 2.05) is 0 Å². The van der Waals surface area contributed by atoms with Gasteiger partial charge in [-0.25, -0.2) is 0 Å². The molecule has 0 radical (unpaired) electrons. The van der Waals surface area contributed by atoms with E-state index in [4.69, 9.17) is 0 Å². The first-order valence-corrected chi connectivity index (χ1v) is 8.41. The molecule has 1 aliphatic heterocycles. The summed E-state index contributed by atoms with van der Waals surface area (Å²) in [5.41, 5.74) is 2.96. The number of nitrogens with zero attached hydrogens (tertiary/aromatic N) is 1. The minimum atomic E-state index is 0.581. The van der Waals surface area contributed by atoms with Crippen molar-refractivity contribution < 1.29 is 0 Å². The Labute approximate surface area is 129 Å². The first-order valence-electron chi connectivity index (χ1n) is 8.41. The maximum absolute atomic E-state index is 2.65. The lowest BCUT2D eigenvalue weighted by Crippen LogP contribution is -2.36. The van der Waals surface area contributed by atoms with Crippen molar-refractivity contribution in [2.75, 3.05) is 6.54 Å². The second-order valence-corrected chi connectivity index (χ2v) is 6.83. The van der Waals surface area contributed by atoms with E-state index in [-0.39, 0.29) is 0 Å². The van der Waals surface area contributed by atoms with Gasteiger partial charge in [-0.15, -0.1) is 0 Å². The van der Waals surface area contributed by atoms with Gasteiger partial charge >= 0.3 is 0 Å². The molecule has 0 bridgehead atoms. The van der Waals surface area contributed by atoms with Crippen LogP contribution in [0.2, 0.25) is 0 Å². The highest BCUT2D eigenvalue weighted by atomic mass is 15.2. The van der Waals surface area contributed by atoms with Crippen LogP contribution in [0.25, 0.3) is 10.8 Å². The SMILES string of the molecule is CC(C)c1ccc(CN2CCCCC2C)c2ccccc12. The zero-order chi connectivity index (χ0) is 14.8. The lowest BCUT2D eigenvalue weighted by molar-refractivity contribution is 0.153. The molecular formula is C20H27N. The van der Waals surface area contributed by atoms with Crippen LogP contribution in [0.5, 0.6) is 0 Å². The van der Waals surface area contributed by atoms with Crippen molar-refractivity contribution in [1.82, 2.24) is 4.90 Å². The Balaban J connectivity index is 1.97.